The Kier molecular flexibility index (Phi) is 5.38. The molecule has 0 aliphatic rings. The van der Waals surface area contributed by atoms with Crippen LogP contribution in [0.4, 0.5) is 0 Å². The molecule has 14 heavy (non-hydrogen) atoms. The Balaban J connectivity index is 0.00000169. The lowest BCUT2D eigenvalue weighted by atomic mass is 10.2. The van der Waals surface area contributed by atoms with Crippen LogP contribution >= 0.6 is 0 Å². The fraction of sp³-hybridized carbons (Fsp3) is 0.455. The van der Waals surface area contributed by atoms with E-state index in [4.69, 9.17) is 5.73 Å². The molecule has 0 unspecified atom stereocenters. The number of quaternary nitrogens is 1. The summed E-state index contributed by atoms with van der Waals surface area (Å²) in [5.74, 6) is 0. The van der Waals surface area contributed by atoms with Crippen LogP contribution in [0.1, 0.15) is 5.56 Å². The molecule has 0 saturated heterocycles. The minimum Gasteiger partial charge on any atom is -0.870 e. The van der Waals surface area contributed by atoms with Crippen molar-refractivity contribution in [2.45, 2.75) is 6.54 Å². The molecular weight excluding hydrogens is 176 g/mol. The molecule has 1 aromatic carbocycles. The van der Waals surface area contributed by atoms with E-state index < -0.39 is 0 Å². The topological polar surface area (TPSA) is 56.0 Å². The second-order valence-corrected chi connectivity index (χ2v) is 4.09. The van der Waals surface area contributed by atoms with Gasteiger partial charge in [-0.1, -0.05) is 30.3 Å². The summed E-state index contributed by atoms with van der Waals surface area (Å²) in [5.41, 5.74) is 6.93. The molecular formula is C11H20N2O. The van der Waals surface area contributed by atoms with Crippen LogP contribution in [0, 0.1) is 0 Å². The van der Waals surface area contributed by atoms with Crippen LogP contribution in [-0.2, 0) is 6.54 Å². The number of rotatable bonds is 4. The predicted molar refractivity (Wildman–Crippen MR) is 58.1 cm³/mol. The predicted octanol–water partition coefficient (Wildman–Crippen LogP) is 1.04. The molecule has 0 saturated carbocycles. The second kappa shape index (κ2) is 5.75. The number of hydrogen-bond donors (Lipinski definition) is 1. The summed E-state index contributed by atoms with van der Waals surface area (Å²) < 4.78 is 0.959. The van der Waals surface area contributed by atoms with Gasteiger partial charge in [0.1, 0.15) is 6.54 Å². The van der Waals surface area contributed by atoms with Gasteiger partial charge in [-0.3, -0.25) is 0 Å². The molecule has 0 heterocycles. The zero-order valence-corrected chi connectivity index (χ0v) is 8.98. The number of likely N-dealkylation sites (N-methyl/N-ethyl adjacent to an activating group) is 1. The lowest BCUT2D eigenvalue weighted by Gasteiger charge is -2.29. The Morgan fingerprint density at radius 1 is 1.14 bits per heavy atom. The maximum absolute atomic E-state index is 5.55. The quantitative estimate of drug-likeness (QED) is 0.732. The van der Waals surface area contributed by atoms with Crippen LogP contribution < -0.4 is 5.73 Å². The van der Waals surface area contributed by atoms with E-state index in [0.717, 1.165) is 24.1 Å². The van der Waals surface area contributed by atoms with Gasteiger partial charge in [-0.2, -0.15) is 0 Å². The molecule has 0 bridgehead atoms. The van der Waals surface area contributed by atoms with Gasteiger partial charge in [0.25, 0.3) is 0 Å². The third-order valence-electron chi connectivity index (χ3n) is 2.19. The van der Waals surface area contributed by atoms with Crippen molar-refractivity contribution >= 4 is 0 Å². The van der Waals surface area contributed by atoms with Crippen LogP contribution in [-0.4, -0.2) is 37.1 Å². The van der Waals surface area contributed by atoms with E-state index >= 15 is 0 Å². The normalized spacial score (nSPS) is 10.8. The Labute approximate surface area is 86.0 Å². The van der Waals surface area contributed by atoms with Crippen LogP contribution in [0.3, 0.4) is 0 Å². The Hall–Kier alpha value is -0.900. The van der Waals surface area contributed by atoms with Gasteiger partial charge in [0, 0.05) is 12.1 Å². The molecule has 80 valence electrons. The highest BCUT2D eigenvalue weighted by molar-refractivity contribution is 5.13. The van der Waals surface area contributed by atoms with Gasteiger partial charge in [-0.05, 0) is 0 Å². The van der Waals surface area contributed by atoms with Crippen molar-refractivity contribution in [2.75, 3.05) is 27.2 Å². The third-order valence-corrected chi connectivity index (χ3v) is 2.19. The fourth-order valence-electron chi connectivity index (χ4n) is 1.51. The summed E-state index contributed by atoms with van der Waals surface area (Å²) in [6, 6.07) is 10.5. The van der Waals surface area contributed by atoms with E-state index in [-0.39, 0.29) is 5.48 Å². The molecule has 0 aliphatic heterocycles. The summed E-state index contributed by atoms with van der Waals surface area (Å²) >= 11 is 0. The minimum atomic E-state index is 0. The van der Waals surface area contributed by atoms with Crippen molar-refractivity contribution in [1.29, 1.82) is 0 Å². The van der Waals surface area contributed by atoms with E-state index in [0.29, 0.717) is 0 Å². The maximum atomic E-state index is 5.55. The molecule has 0 amide bonds. The first-order chi connectivity index (χ1) is 6.14. The molecule has 3 nitrogen and oxygen atoms in total. The van der Waals surface area contributed by atoms with Gasteiger partial charge in [0.05, 0.1) is 20.6 Å². The van der Waals surface area contributed by atoms with Crippen LogP contribution in [0.15, 0.2) is 30.3 Å². The van der Waals surface area contributed by atoms with Crippen LogP contribution in [0.2, 0.25) is 0 Å². The fourth-order valence-corrected chi connectivity index (χ4v) is 1.51. The zero-order valence-electron chi connectivity index (χ0n) is 8.98. The number of nitrogens with zero attached hydrogens (tertiary/aromatic N) is 1. The van der Waals surface area contributed by atoms with Gasteiger partial charge in [0.15, 0.2) is 0 Å². The van der Waals surface area contributed by atoms with Gasteiger partial charge < -0.3 is 15.7 Å². The number of hydrogen-bond acceptors (Lipinski definition) is 2. The lowest BCUT2D eigenvalue weighted by Crippen LogP contribution is -2.42. The number of benzene rings is 1. The molecule has 3 N–H and O–H groups in total. The Morgan fingerprint density at radius 2 is 1.71 bits per heavy atom. The first kappa shape index (κ1) is 13.1. The SMILES string of the molecule is C[N+](C)(CCN)Cc1ccccc1.[OH-]. The highest BCUT2D eigenvalue weighted by atomic mass is 16.0. The summed E-state index contributed by atoms with van der Waals surface area (Å²) in [7, 11) is 4.42. The largest absolute Gasteiger partial charge is 0.870 e. The summed E-state index contributed by atoms with van der Waals surface area (Å²) in [4.78, 5) is 0. The van der Waals surface area contributed by atoms with Crippen molar-refractivity contribution in [3.8, 4) is 0 Å². The average Bonchev–Trinajstić information content (AvgIpc) is 2.04. The van der Waals surface area contributed by atoms with Crippen molar-refractivity contribution in [2.24, 2.45) is 5.73 Å². The minimum absolute atomic E-state index is 0. The first-order valence-electron chi connectivity index (χ1n) is 4.70. The molecule has 1 rings (SSSR count). The first-order valence-corrected chi connectivity index (χ1v) is 4.70. The van der Waals surface area contributed by atoms with Crippen molar-refractivity contribution < 1.29 is 9.96 Å². The highest BCUT2D eigenvalue weighted by Gasteiger charge is 2.13. The smallest absolute Gasteiger partial charge is 0.104 e. The third kappa shape index (κ3) is 4.37. The molecule has 0 atom stereocenters. The van der Waals surface area contributed by atoms with Gasteiger partial charge in [0.2, 0.25) is 0 Å². The second-order valence-electron chi connectivity index (χ2n) is 4.09. The monoisotopic (exact) mass is 196 g/mol. The number of nitrogens with two attached hydrogens (primary N) is 1. The van der Waals surface area contributed by atoms with Gasteiger partial charge >= 0.3 is 0 Å². The summed E-state index contributed by atoms with van der Waals surface area (Å²) in [6.07, 6.45) is 0. The standard InChI is InChI=1S/C11H19N2.H2O/c1-13(2,9-8-12)10-11-6-4-3-5-7-11;/h3-7H,8-10,12H2,1-2H3;1H2/q+1;/p-1. The van der Waals surface area contributed by atoms with E-state index in [1.807, 2.05) is 6.07 Å². The summed E-state index contributed by atoms with van der Waals surface area (Å²) in [5, 5.41) is 0. The lowest BCUT2D eigenvalue weighted by molar-refractivity contribution is -0.902. The molecule has 0 aliphatic carbocycles. The van der Waals surface area contributed by atoms with Crippen LogP contribution in [0.5, 0.6) is 0 Å². The van der Waals surface area contributed by atoms with Crippen molar-refractivity contribution in [3.63, 3.8) is 0 Å². The molecule has 3 heteroatoms. The van der Waals surface area contributed by atoms with Crippen LogP contribution in [0.25, 0.3) is 0 Å². The molecule has 0 aromatic heterocycles. The molecule has 0 fully saturated rings. The molecule has 0 radical (unpaired) electrons. The maximum Gasteiger partial charge on any atom is 0.104 e. The van der Waals surface area contributed by atoms with E-state index in [2.05, 4.69) is 38.4 Å². The van der Waals surface area contributed by atoms with E-state index in [1.165, 1.54) is 5.56 Å². The zero-order chi connectivity index (χ0) is 9.73. The Bertz CT molecular complexity index is 247. The van der Waals surface area contributed by atoms with Crippen molar-refractivity contribution in [3.05, 3.63) is 35.9 Å². The molecule has 1 aromatic rings. The Morgan fingerprint density at radius 3 is 2.21 bits per heavy atom. The van der Waals surface area contributed by atoms with E-state index in [9.17, 15) is 0 Å². The van der Waals surface area contributed by atoms with Gasteiger partial charge in [-0.25, -0.2) is 0 Å². The molecule has 0 spiro atoms. The van der Waals surface area contributed by atoms with E-state index in [1.54, 1.807) is 0 Å². The highest BCUT2D eigenvalue weighted by Crippen LogP contribution is 2.07. The van der Waals surface area contributed by atoms with Gasteiger partial charge in [-0.15, -0.1) is 0 Å². The average molecular weight is 196 g/mol. The summed E-state index contributed by atoms with van der Waals surface area (Å²) in [6.45, 7) is 2.83. The van der Waals surface area contributed by atoms with Crippen molar-refractivity contribution in [1.82, 2.24) is 0 Å².